The van der Waals surface area contributed by atoms with Gasteiger partial charge in [0.05, 0.1) is 5.66 Å². The Balaban J connectivity index is 0.00000144. The maximum atomic E-state index is 6.01. The predicted molar refractivity (Wildman–Crippen MR) is 82.9 cm³/mol. The molecule has 0 heterocycles. The van der Waals surface area contributed by atoms with E-state index in [1.165, 1.54) is 16.7 Å². The van der Waals surface area contributed by atoms with Crippen LogP contribution in [0.2, 0.25) is 0 Å². The van der Waals surface area contributed by atoms with E-state index >= 15 is 0 Å². The molecule has 18 heavy (non-hydrogen) atoms. The van der Waals surface area contributed by atoms with Crippen LogP contribution < -0.4 is 11.5 Å². The van der Waals surface area contributed by atoms with Crippen molar-refractivity contribution < 1.29 is 0 Å². The van der Waals surface area contributed by atoms with E-state index < -0.39 is 5.66 Å². The monoisotopic (exact) mass is 286 g/mol. The van der Waals surface area contributed by atoms with Gasteiger partial charge in [-0.05, 0) is 24.1 Å². The molecule has 1 atom stereocenters. The van der Waals surface area contributed by atoms with Crippen molar-refractivity contribution in [3.05, 3.63) is 53.6 Å². The minimum absolute atomic E-state index is 0. The number of halogens is 2. The SMILES string of the molecule is CC1=C(c2ccccc2)C=CC(N)(N)C1C.Cl.Cl. The lowest BCUT2D eigenvalue weighted by molar-refractivity contribution is 0.415. The largest absolute Gasteiger partial charge is 0.310 e. The van der Waals surface area contributed by atoms with E-state index in [4.69, 9.17) is 11.5 Å². The highest BCUT2D eigenvalue weighted by atomic mass is 35.5. The molecule has 1 aromatic carbocycles. The fraction of sp³-hybridized carbons (Fsp3) is 0.286. The van der Waals surface area contributed by atoms with Gasteiger partial charge in [0, 0.05) is 5.92 Å². The van der Waals surface area contributed by atoms with Gasteiger partial charge >= 0.3 is 0 Å². The molecular weight excluding hydrogens is 267 g/mol. The minimum Gasteiger partial charge on any atom is -0.310 e. The summed E-state index contributed by atoms with van der Waals surface area (Å²) in [6, 6.07) is 10.3. The zero-order valence-electron chi connectivity index (χ0n) is 10.6. The molecule has 4 N–H and O–H groups in total. The van der Waals surface area contributed by atoms with Crippen LogP contribution in [-0.2, 0) is 0 Å². The van der Waals surface area contributed by atoms with E-state index in [0.29, 0.717) is 0 Å². The van der Waals surface area contributed by atoms with Gasteiger partial charge in [0.2, 0.25) is 0 Å². The molecule has 0 fully saturated rings. The van der Waals surface area contributed by atoms with Gasteiger partial charge in [-0.1, -0.05) is 48.9 Å². The Morgan fingerprint density at radius 2 is 1.61 bits per heavy atom. The zero-order chi connectivity index (χ0) is 11.8. The van der Waals surface area contributed by atoms with Crippen molar-refractivity contribution >= 4 is 30.4 Å². The van der Waals surface area contributed by atoms with E-state index in [9.17, 15) is 0 Å². The molecule has 0 amide bonds. The highest BCUT2D eigenvalue weighted by molar-refractivity contribution is 5.85. The second-order valence-electron chi connectivity index (χ2n) is 4.52. The first-order chi connectivity index (χ1) is 7.52. The van der Waals surface area contributed by atoms with E-state index in [0.717, 1.165) is 0 Å². The van der Waals surface area contributed by atoms with Crippen molar-refractivity contribution in [3.8, 4) is 0 Å². The normalized spacial score (nSPS) is 21.0. The second kappa shape index (κ2) is 6.39. The quantitative estimate of drug-likeness (QED) is 0.780. The van der Waals surface area contributed by atoms with Gasteiger partial charge in [-0.15, -0.1) is 24.8 Å². The Morgan fingerprint density at radius 1 is 1.06 bits per heavy atom. The Kier molecular flexibility index (Phi) is 6.11. The van der Waals surface area contributed by atoms with Crippen LogP contribution in [0.5, 0.6) is 0 Å². The molecule has 2 rings (SSSR count). The molecule has 1 aliphatic rings. The van der Waals surface area contributed by atoms with E-state index in [1.54, 1.807) is 0 Å². The maximum Gasteiger partial charge on any atom is 0.0896 e. The zero-order valence-corrected chi connectivity index (χ0v) is 12.2. The van der Waals surface area contributed by atoms with E-state index in [2.05, 4.69) is 26.0 Å². The number of hydrogen-bond acceptors (Lipinski definition) is 2. The van der Waals surface area contributed by atoms with E-state index in [1.807, 2.05) is 30.4 Å². The van der Waals surface area contributed by atoms with Gasteiger partial charge in [0.15, 0.2) is 0 Å². The Bertz CT molecular complexity index is 450. The summed E-state index contributed by atoms with van der Waals surface area (Å²) in [6.45, 7) is 4.17. The topological polar surface area (TPSA) is 52.0 Å². The summed E-state index contributed by atoms with van der Waals surface area (Å²) in [7, 11) is 0. The first kappa shape index (κ1) is 17.2. The summed E-state index contributed by atoms with van der Waals surface area (Å²) in [5, 5.41) is 0. The molecular formula is C14H20Cl2N2. The second-order valence-corrected chi connectivity index (χ2v) is 4.52. The first-order valence-corrected chi connectivity index (χ1v) is 5.55. The highest BCUT2D eigenvalue weighted by Crippen LogP contribution is 2.33. The van der Waals surface area contributed by atoms with Crippen molar-refractivity contribution in [2.75, 3.05) is 0 Å². The van der Waals surface area contributed by atoms with Crippen molar-refractivity contribution in [1.82, 2.24) is 0 Å². The van der Waals surface area contributed by atoms with Gasteiger partial charge in [-0.3, -0.25) is 0 Å². The summed E-state index contributed by atoms with van der Waals surface area (Å²) in [6.07, 6.45) is 3.93. The van der Waals surface area contributed by atoms with Crippen LogP contribution in [0.25, 0.3) is 5.57 Å². The predicted octanol–water partition coefficient (Wildman–Crippen LogP) is 3.12. The molecule has 4 heteroatoms. The molecule has 0 saturated heterocycles. The molecule has 0 saturated carbocycles. The summed E-state index contributed by atoms with van der Waals surface area (Å²) in [4.78, 5) is 0. The maximum absolute atomic E-state index is 6.01. The first-order valence-electron chi connectivity index (χ1n) is 5.55. The lowest BCUT2D eigenvalue weighted by Crippen LogP contribution is -2.54. The van der Waals surface area contributed by atoms with Crippen molar-refractivity contribution in [3.63, 3.8) is 0 Å². The molecule has 1 unspecified atom stereocenters. The summed E-state index contributed by atoms with van der Waals surface area (Å²) in [5.74, 6) is 0.160. The van der Waals surface area contributed by atoms with Crippen LogP contribution in [-0.4, -0.2) is 5.66 Å². The number of benzene rings is 1. The third-order valence-corrected chi connectivity index (χ3v) is 3.45. The lowest BCUT2D eigenvalue weighted by Gasteiger charge is -2.33. The number of rotatable bonds is 1. The van der Waals surface area contributed by atoms with E-state index in [-0.39, 0.29) is 30.7 Å². The highest BCUT2D eigenvalue weighted by Gasteiger charge is 2.30. The molecule has 2 nitrogen and oxygen atoms in total. The lowest BCUT2D eigenvalue weighted by atomic mass is 9.80. The minimum atomic E-state index is -0.720. The van der Waals surface area contributed by atoms with Crippen LogP contribution in [0, 0.1) is 5.92 Å². The third-order valence-electron chi connectivity index (χ3n) is 3.45. The average Bonchev–Trinajstić information content (AvgIpc) is 2.27. The number of hydrogen-bond donors (Lipinski definition) is 2. The molecule has 0 bridgehead atoms. The summed E-state index contributed by atoms with van der Waals surface area (Å²) in [5.41, 5.74) is 15.0. The number of nitrogens with two attached hydrogens (primary N) is 2. The Morgan fingerprint density at radius 3 is 2.17 bits per heavy atom. The summed E-state index contributed by atoms with van der Waals surface area (Å²) < 4.78 is 0. The molecule has 0 aromatic heterocycles. The molecule has 0 aliphatic heterocycles. The van der Waals surface area contributed by atoms with Gasteiger partial charge < -0.3 is 11.5 Å². The fourth-order valence-electron chi connectivity index (χ4n) is 2.05. The van der Waals surface area contributed by atoms with Gasteiger partial charge in [0.25, 0.3) is 0 Å². The van der Waals surface area contributed by atoms with Crippen LogP contribution >= 0.6 is 24.8 Å². The standard InChI is InChI=1S/C14H18N2.2ClH/c1-10-11(2)14(15,16)9-8-13(10)12-6-4-3-5-7-12;;/h3-9,11H,15-16H2,1-2H3;2*1H. The van der Waals surface area contributed by atoms with Crippen molar-refractivity contribution in [1.29, 1.82) is 0 Å². The Labute approximate surface area is 121 Å². The molecule has 0 spiro atoms. The fourth-order valence-corrected chi connectivity index (χ4v) is 2.05. The molecule has 0 radical (unpaired) electrons. The smallest absolute Gasteiger partial charge is 0.0896 e. The van der Waals surface area contributed by atoms with Crippen LogP contribution in [0.4, 0.5) is 0 Å². The van der Waals surface area contributed by atoms with Crippen LogP contribution in [0.15, 0.2) is 48.1 Å². The molecule has 1 aromatic rings. The average molecular weight is 287 g/mol. The van der Waals surface area contributed by atoms with Crippen molar-refractivity contribution in [2.45, 2.75) is 19.5 Å². The van der Waals surface area contributed by atoms with Gasteiger partial charge in [-0.25, -0.2) is 0 Å². The van der Waals surface area contributed by atoms with Crippen molar-refractivity contribution in [2.24, 2.45) is 17.4 Å². The van der Waals surface area contributed by atoms with Crippen LogP contribution in [0.3, 0.4) is 0 Å². The number of allylic oxidation sites excluding steroid dienone is 2. The molecule has 100 valence electrons. The van der Waals surface area contributed by atoms with Gasteiger partial charge in [-0.2, -0.15) is 0 Å². The third kappa shape index (κ3) is 3.15. The Hall–Kier alpha value is -0.800. The van der Waals surface area contributed by atoms with Gasteiger partial charge in [0.1, 0.15) is 0 Å². The molecule has 1 aliphatic carbocycles. The summed E-state index contributed by atoms with van der Waals surface area (Å²) >= 11 is 0. The van der Waals surface area contributed by atoms with Crippen LogP contribution in [0.1, 0.15) is 19.4 Å².